The summed E-state index contributed by atoms with van der Waals surface area (Å²) in [5, 5.41) is 12.1. The molecular weight excluding hydrogens is 376 g/mol. The lowest BCUT2D eigenvalue weighted by Gasteiger charge is -2.30. The molecule has 3 rings (SSSR count). The average Bonchev–Trinajstić information content (AvgIpc) is 2.99. The van der Waals surface area contributed by atoms with E-state index in [-0.39, 0.29) is 16.5 Å². The third-order valence-corrected chi connectivity index (χ3v) is 7.37. The number of imidazole rings is 1. The first kappa shape index (κ1) is 18.9. The van der Waals surface area contributed by atoms with E-state index in [0.717, 1.165) is 30.7 Å². The van der Waals surface area contributed by atoms with Crippen LogP contribution in [0.15, 0.2) is 45.5 Å². The highest BCUT2D eigenvalue weighted by molar-refractivity contribution is 7.99. The molecule has 8 nitrogen and oxygen atoms in total. The summed E-state index contributed by atoms with van der Waals surface area (Å²) in [6.07, 6.45) is 5.13. The molecule has 2 aromatic rings. The second kappa shape index (κ2) is 7.37. The van der Waals surface area contributed by atoms with Gasteiger partial charge in [-0.15, -0.1) is 0 Å². The van der Waals surface area contributed by atoms with Gasteiger partial charge in [0.1, 0.15) is 0 Å². The zero-order chi connectivity index (χ0) is 18.9. The number of hydrogen-bond donors (Lipinski definition) is 0. The molecule has 1 atom stereocenters. The third-order valence-electron chi connectivity index (χ3n) is 4.36. The number of nitro groups is 1. The molecule has 1 fully saturated rings. The predicted octanol–water partition coefficient (Wildman–Crippen LogP) is 2.90. The van der Waals surface area contributed by atoms with E-state index < -0.39 is 14.9 Å². The first-order valence-corrected chi connectivity index (χ1v) is 10.5. The number of benzene rings is 1. The lowest BCUT2D eigenvalue weighted by molar-refractivity contribution is -0.388. The van der Waals surface area contributed by atoms with Crippen molar-refractivity contribution in [3.8, 4) is 0 Å². The van der Waals surface area contributed by atoms with Gasteiger partial charge >= 0.3 is 0 Å². The van der Waals surface area contributed by atoms with Crippen LogP contribution in [0, 0.1) is 16.0 Å². The van der Waals surface area contributed by atoms with Crippen LogP contribution < -0.4 is 0 Å². The zero-order valence-electron chi connectivity index (χ0n) is 14.5. The summed E-state index contributed by atoms with van der Waals surface area (Å²) < 4.78 is 28.9. The number of rotatable bonds is 5. The topological polar surface area (TPSA) is 98.3 Å². The van der Waals surface area contributed by atoms with Crippen molar-refractivity contribution in [1.29, 1.82) is 0 Å². The maximum Gasteiger partial charge on any atom is 0.284 e. The van der Waals surface area contributed by atoms with Crippen molar-refractivity contribution < 1.29 is 13.3 Å². The van der Waals surface area contributed by atoms with Gasteiger partial charge in [-0.3, -0.25) is 10.1 Å². The largest absolute Gasteiger partial charge is 0.329 e. The van der Waals surface area contributed by atoms with E-state index in [1.54, 1.807) is 24.0 Å². The molecule has 1 aromatic carbocycles. The Labute approximate surface area is 156 Å². The highest BCUT2D eigenvalue weighted by atomic mass is 32.2. The fourth-order valence-electron chi connectivity index (χ4n) is 2.95. The van der Waals surface area contributed by atoms with Gasteiger partial charge < -0.3 is 4.57 Å². The highest BCUT2D eigenvalue weighted by Gasteiger charge is 2.30. The van der Waals surface area contributed by atoms with Crippen molar-refractivity contribution in [1.82, 2.24) is 13.9 Å². The molecule has 0 spiro atoms. The lowest BCUT2D eigenvalue weighted by atomic mass is 10.0. The van der Waals surface area contributed by atoms with Crippen molar-refractivity contribution >= 4 is 27.5 Å². The van der Waals surface area contributed by atoms with E-state index >= 15 is 0 Å². The van der Waals surface area contributed by atoms with E-state index in [0.29, 0.717) is 23.1 Å². The zero-order valence-corrected chi connectivity index (χ0v) is 16.2. The van der Waals surface area contributed by atoms with E-state index in [1.807, 2.05) is 6.92 Å². The van der Waals surface area contributed by atoms with E-state index in [1.165, 1.54) is 16.4 Å². The summed E-state index contributed by atoms with van der Waals surface area (Å²) in [7, 11) is -1.95. The molecule has 26 heavy (non-hydrogen) atoms. The van der Waals surface area contributed by atoms with Crippen LogP contribution in [-0.2, 0) is 17.1 Å². The van der Waals surface area contributed by atoms with E-state index in [2.05, 4.69) is 4.98 Å². The van der Waals surface area contributed by atoms with Crippen molar-refractivity contribution in [2.75, 3.05) is 13.1 Å². The molecule has 1 aliphatic heterocycles. The van der Waals surface area contributed by atoms with Crippen LogP contribution in [0.25, 0.3) is 0 Å². The predicted molar refractivity (Wildman–Crippen MR) is 97.6 cm³/mol. The number of nitrogens with zero attached hydrogens (tertiary/aromatic N) is 4. The number of piperidine rings is 1. The first-order chi connectivity index (χ1) is 12.3. The summed E-state index contributed by atoms with van der Waals surface area (Å²) in [5.74, 6) is 0.284. The van der Waals surface area contributed by atoms with E-state index in [4.69, 9.17) is 0 Å². The second-order valence-electron chi connectivity index (χ2n) is 6.42. The molecule has 0 amide bonds. The Bertz CT molecular complexity index is 926. The van der Waals surface area contributed by atoms with Gasteiger partial charge in [0, 0.05) is 38.6 Å². The Hall–Kier alpha value is -1.91. The number of hydrogen-bond acceptors (Lipinski definition) is 6. The summed E-state index contributed by atoms with van der Waals surface area (Å²) in [4.78, 5) is 15.4. The fraction of sp³-hybridized carbons (Fsp3) is 0.438. The quantitative estimate of drug-likeness (QED) is 0.569. The van der Waals surface area contributed by atoms with Crippen molar-refractivity contribution in [3.63, 3.8) is 0 Å². The Balaban J connectivity index is 1.95. The van der Waals surface area contributed by atoms with Gasteiger partial charge in [-0.1, -0.05) is 6.92 Å². The molecule has 0 saturated carbocycles. The number of nitro benzene ring substituents is 1. The fourth-order valence-corrected chi connectivity index (χ4v) is 5.46. The molecule has 1 saturated heterocycles. The van der Waals surface area contributed by atoms with Crippen LogP contribution >= 0.6 is 11.8 Å². The Morgan fingerprint density at radius 2 is 2.15 bits per heavy atom. The van der Waals surface area contributed by atoms with Crippen molar-refractivity contribution in [3.05, 3.63) is 40.7 Å². The Morgan fingerprint density at radius 3 is 2.77 bits per heavy atom. The average molecular weight is 396 g/mol. The van der Waals surface area contributed by atoms with Crippen LogP contribution in [0.3, 0.4) is 0 Å². The normalized spacial score (nSPS) is 18.8. The smallest absolute Gasteiger partial charge is 0.284 e. The molecule has 0 N–H and O–H groups in total. The molecule has 0 unspecified atom stereocenters. The van der Waals surface area contributed by atoms with Gasteiger partial charge in [0.05, 0.1) is 14.7 Å². The van der Waals surface area contributed by atoms with Gasteiger partial charge in [-0.05, 0) is 42.7 Å². The van der Waals surface area contributed by atoms with Crippen LogP contribution in [0.4, 0.5) is 5.69 Å². The minimum absolute atomic E-state index is 0.0394. The summed E-state index contributed by atoms with van der Waals surface area (Å²) >= 11 is 1.13. The SMILES string of the molecule is C[C@@H]1CCCN(S(=O)(=O)c2ccc(Sc3nccn3C)c([N+](=O)[O-])c2)C1. The first-order valence-electron chi connectivity index (χ1n) is 8.23. The molecule has 140 valence electrons. The minimum atomic E-state index is -3.74. The van der Waals surface area contributed by atoms with Crippen LogP contribution in [0.2, 0.25) is 0 Å². The maximum atomic E-state index is 12.9. The van der Waals surface area contributed by atoms with Gasteiger partial charge in [-0.2, -0.15) is 4.31 Å². The molecule has 0 radical (unpaired) electrons. The lowest BCUT2D eigenvalue weighted by Crippen LogP contribution is -2.39. The van der Waals surface area contributed by atoms with Crippen molar-refractivity contribution in [2.24, 2.45) is 13.0 Å². The third kappa shape index (κ3) is 3.76. The van der Waals surface area contributed by atoms with E-state index in [9.17, 15) is 18.5 Å². The van der Waals surface area contributed by atoms with Gasteiger partial charge in [0.2, 0.25) is 10.0 Å². The summed E-state index contributed by atoms with van der Waals surface area (Å²) in [5.41, 5.74) is -0.232. The van der Waals surface area contributed by atoms with Crippen LogP contribution in [-0.4, -0.2) is 40.3 Å². The molecular formula is C16H20N4O4S2. The maximum absolute atomic E-state index is 12.9. The summed E-state index contributed by atoms with van der Waals surface area (Å²) in [6.45, 7) is 2.90. The molecule has 1 aliphatic rings. The van der Waals surface area contributed by atoms with Crippen molar-refractivity contribution in [2.45, 2.75) is 34.7 Å². The molecule has 10 heteroatoms. The highest BCUT2D eigenvalue weighted by Crippen LogP contribution is 2.36. The Kier molecular flexibility index (Phi) is 5.35. The molecule has 0 aliphatic carbocycles. The van der Waals surface area contributed by atoms with Gasteiger partial charge in [-0.25, -0.2) is 13.4 Å². The molecule has 2 heterocycles. The minimum Gasteiger partial charge on any atom is -0.329 e. The number of aryl methyl sites for hydroxylation is 1. The molecule has 0 bridgehead atoms. The van der Waals surface area contributed by atoms with Gasteiger partial charge in [0.15, 0.2) is 5.16 Å². The number of sulfonamides is 1. The summed E-state index contributed by atoms with van der Waals surface area (Å²) in [6, 6.07) is 4.07. The second-order valence-corrected chi connectivity index (χ2v) is 9.37. The van der Waals surface area contributed by atoms with Crippen LogP contribution in [0.1, 0.15) is 19.8 Å². The van der Waals surface area contributed by atoms with Crippen LogP contribution in [0.5, 0.6) is 0 Å². The van der Waals surface area contributed by atoms with Gasteiger partial charge in [0.25, 0.3) is 5.69 Å². The Morgan fingerprint density at radius 1 is 1.38 bits per heavy atom. The molecule has 1 aromatic heterocycles. The number of aromatic nitrogens is 2. The monoisotopic (exact) mass is 396 g/mol. The standard InChI is InChI=1S/C16H20N4O4S2/c1-12-4-3-8-19(11-12)26(23,24)13-5-6-15(14(10-13)20(21)22)25-16-17-7-9-18(16)2/h5-7,9-10,12H,3-4,8,11H2,1-2H3/t12-/m1/s1.